The number of pyridine rings is 1. The highest BCUT2D eigenvalue weighted by Gasteiger charge is 2.16. The molecule has 0 radical (unpaired) electrons. The summed E-state index contributed by atoms with van der Waals surface area (Å²) in [5.74, 6) is -0.515. The average molecular weight is 270 g/mol. The predicted molar refractivity (Wildman–Crippen MR) is 77.7 cm³/mol. The van der Waals surface area contributed by atoms with Crippen LogP contribution in [0.15, 0.2) is 54.9 Å². The van der Waals surface area contributed by atoms with E-state index in [2.05, 4.69) is 10.3 Å². The number of aromatic nitrogens is 1. The third kappa shape index (κ3) is 3.63. The average Bonchev–Trinajstić information content (AvgIpc) is 2.49. The number of rotatable bonds is 6. The lowest BCUT2D eigenvalue weighted by molar-refractivity contribution is -0.119. The molecule has 0 bridgehead atoms. The summed E-state index contributed by atoms with van der Waals surface area (Å²) in [5.41, 5.74) is 13.0. The Balaban J connectivity index is 2.19. The summed E-state index contributed by atoms with van der Waals surface area (Å²) >= 11 is 0. The number of hydrogen-bond donors (Lipinski definition) is 3. The van der Waals surface area contributed by atoms with Gasteiger partial charge in [-0.2, -0.15) is 0 Å². The first-order valence-electron chi connectivity index (χ1n) is 6.41. The van der Waals surface area contributed by atoms with Crippen LogP contribution in [0.5, 0.6) is 0 Å². The molecular weight excluding hydrogens is 252 g/mol. The van der Waals surface area contributed by atoms with Crippen LogP contribution in [0.4, 0.5) is 0 Å². The van der Waals surface area contributed by atoms with Crippen molar-refractivity contribution in [3.05, 3.63) is 66.0 Å². The van der Waals surface area contributed by atoms with Gasteiger partial charge in [0.05, 0.1) is 12.1 Å². The van der Waals surface area contributed by atoms with Crippen LogP contribution in [0.1, 0.15) is 17.2 Å². The van der Waals surface area contributed by atoms with Gasteiger partial charge in [0.15, 0.2) is 0 Å². The van der Waals surface area contributed by atoms with Crippen molar-refractivity contribution in [3.8, 4) is 0 Å². The minimum absolute atomic E-state index is 0.0513. The van der Waals surface area contributed by atoms with Gasteiger partial charge in [-0.25, -0.2) is 0 Å². The van der Waals surface area contributed by atoms with Crippen molar-refractivity contribution in [2.24, 2.45) is 11.5 Å². The normalized spacial score (nSPS) is 13.7. The maximum absolute atomic E-state index is 11.0. The fraction of sp³-hybridized carbons (Fsp3) is 0.200. The maximum Gasteiger partial charge on any atom is 0.235 e. The number of nitrogens with zero attached hydrogens (tertiary/aromatic N) is 1. The van der Waals surface area contributed by atoms with Crippen molar-refractivity contribution < 1.29 is 4.79 Å². The molecule has 0 saturated carbocycles. The molecule has 0 spiro atoms. The highest BCUT2D eigenvalue weighted by Crippen LogP contribution is 2.20. The van der Waals surface area contributed by atoms with E-state index in [1.165, 1.54) is 0 Å². The van der Waals surface area contributed by atoms with Crippen molar-refractivity contribution in [1.82, 2.24) is 10.3 Å². The largest absolute Gasteiger partial charge is 0.368 e. The van der Waals surface area contributed by atoms with Crippen LogP contribution in [-0.4, -0.2) is 23.5 Å². The van der Waals surface area contributed by atoms with Gasteiger partial charge in [0.2, 0.25) is 5.91 Å². The SMILES string of the molecule is NC(=O)C(N)CNC(c1ccccc1)c1ccncc1. The molecular formula is C15H18N4O. The number of primary amides is 1. The lowest BCUT2D eigenvalue weighted by atomic mass is 9.99. The number of carbonyl (C=O) groups excluding carboxylic acids is 1. The van der Waals surface area contributed by atoms with E-state index >= 15 is 0 Å². The first kappa shape index (κ1) is 14.2. The molecule has 0 aliphatic carbocycles. The predicted octanol–water partition coefficient (Wildman–Crippen LogP) is 0.573. The summed E-state index contributed by atoms with van der Waals surface area (Å²) < 4.78 is 0. The van der Waals surface area contributed by atoms with E-state index < -0.39 is 11.9 Å². The van der Waals surface area contributed by atoms with Crippen LogP contribution in [0.2, 0.25) is 0 Å². The summed E-state index contributed by atoms with van der Waals surface area (Å²) in [6, 6.07) is 13.1. The van der Waals surface area contributed by atoms with Gasteiger partial charge in [-0.15, -0.1) is 0 Å². The summed E-state index contributed by atoms with van der Waals surface area (Å²) in [7, 11) is 0. The summed E-state index contributed by atoms with van der Waals surface area (Å²) in [4.78, 5) is 15.1. The van der Waals surface area contributed by atoms with Gasteiger partial charge in [-0.05, 0) is 23.3 Å². The molecule has 2 unspecified atom stereocenters. The van der Waals surface area contributed by atoms with Gasteiger partial charge >= 0.3 is 0 Å². The monoisotopic (exact) mass is 270 g/mol. The highest BCUT2D eigenvalue weighted by atomic mass is 16.1. The Hall–Kier alpha value is -2.24. The Morgan fingerprint density at radius 2 is 1.70 bits per heavy atom. The van der Waals surface area contributed by atoms with Crippen LogP contribution >= 0.6 is 0 Å². The lowest BCUT2D eigenvalue weighted by Gasteiger charge is -2.21. The van der Waals surface area contributed by atoms with Crippen LogP contribution in [0.25, 0.3) is 0 Å². The van der Waals surface area contributed by atoms with Crippen molar-refractivity contribution in [2.75, 3.05) is 6.54 Å². The second-order valence-electron chi connectivity index (χ2n) is 4.54. The molecule has 0 saturated heterocycles. The second kappa shape index (κ2) is 6.79. The zero-order chi connectivity index (χ0) is 14.4. The third-order valence-electron chi connectivity index (χ3n) is 3.08. The van der Waals surface area contributed by atoms with Gasteiger partial charge < -0.3 is 16.8 Å². The maximum atomic E-state index is 11.0. The Morgan fingerprint density at radius 3 is 2.30 bits per heavy atom. The Bertz CT molecular complexity index is 505. The molecule has 0 aliphatic heterocycles. The van der Waals surface area contributed by atoms with Crippen LogP contribution in [0, 0.1) is 0 Å². The molecule has 104 valence electrons. The molecule has 5 nitrogen and oxygen atoms in total. The first-order chi connectivity index (χ1) is 9.68. The topological polar surface area (TPSA) is 94.0 Å². The van der Waals surface area contributed by atoms with E-state index in [0.717, 1.165) is 11.1 Å². The molecule has 2 rings (SSSR count). The number of benzene rings is 1. The van der Waals surface area contributed by atoms with Gasteiger partial charge in [-0.1, -0.05) is 30.3 Å². The molecule has 1 aromatic carbocycles. The van der Waals surface area contributed by atoms with Crippen molar-refractivity contribution >= 4 is 5.91 Å². The smallest absolute Gasteiger partial charge is 0.235 e. The molecule has 5 heteroatoms. The molecule has 0 fully saturated rings. The van der Waals surface area contributed by atoms with Crippen LogP contribution in [0.3, 0.4) is 0 Å². The number of nitrogens with two attached hydrogens (primary N) is 2. The zero-order valence-electron chi connectivity index (χ0n) is 11.1. The molecule has 2 aromatic rings. The standard InChI is InChI=1S/C15H18N4O/c16-13(15(17)20)10-19-14(11-4-2-1-3-5-11)12-6-8-18-9-7-12/h1-9,13-14,19H,10,16H2,(H2,17,20). The summed E-state index contributed by atoms with van der Waals surface area (Å²) in [6.07, 6.45) is 3.47. The van der Waals surface area contributed by atoms with Crippen molar-refractivity contribution in [2.45, 2.75) is 12.1 Å². The quantitative estimate of drug-likeness (QED) is 0.715. The van der Waals surface area contributed by atoms with E-state index in [-0.39, 0.29) is 6.04 Å². The Morgan fingerprint density at radius 1 is 1.10 bits per heavy atom. The molecule has 2 atom stereocenters. The zero-order valence-corrected chi connectivity index (χ0v) is 11.1. The third-order valence-corrected chi connectivity index (χ3v) is 3.08. The molecule has 1 amide bonds. The number of carbonyl (C=O) groups is 1. The fourth-order valence-corrected chi connectivity index (χ4v) is 1.97. The molecule has 1 heterocycles. The number of nitrogens with one attached hydrogen (secondary N) is 1. The molecule has 1 aromatic heterocycles. The van der Waals surface area contributed by atoms with E-state index in [4.69, 9.17) is 11.5 Å². The van der Waals surface area contributed by atoms with E-state index in [9.17, 15) is 4.79 Å². The van der Waals surface area contributed by atoms with Gasteiger partial charge in [-0.3, -0.25) is 9.78 Å². The van der Waals surface area contributed by atoms with Crippen molar-refractivity contribution in [3.63, 3.8) is 0 Å². The van der Waals surface area contributed by atoms with E-state index in [1.807, 2.05) is 42.5 Å². The minimum atomic E-state index is -0.706. The Labute approximate surface area is 118 Å². The number of hydrogen-bond acceptors (Lipinski definition) is 4. The lowest BCUT2D eigenvalue weighted by Crippen LogP contribution is -2.45. The first-order valence-corrected chi connectivity index (χ1v) is 6.41. The van der Waals surface area contributed by atoms with E-state index in [1.54, 1.807) is 12.4 Å². The fourth-order valence-electron chi connectivity index (χ4n) is 1.97. The molecule has 20 heavy (non-hydrogen) atoms. The van der Waals surface area contributed by atoms with Crippen LogP contribution < -0.4 is 16.8 Å². The van der Waals surface area contributed by atoms with Gasteiger partial charge in [0.25, 0.3) is 0 Å². The second-order valence-corrected chi connectivity index (χ2v) is 4.54. The molecule has 0 aliphatic rings. The van der Waals surface area contributed by atoms with E-state index in [0.29, 0.717) is 6.54 Å². The highest BCUT2D eigenvalue weighted by molar-refractivity contribution is 5.79. The van der Waals surface area contributed by atoms with Crippen molar-refractivity contribution in [1.29, 1.82) is 0 Å². The van der Waals surface area contributed by atoms with Gasteiger partial charge in [0.1, 0.15) is 0 Å². The summed E-state index contributed by atoms with van der Waals surface area (Å²) in [6.45, 7) is 0.317. The molecule has 5 N–H and O–H groups in total. The summed E-state index contributed by atoms with van der Waals surface area (Å²) in [5, 5.41) is 3.28. The number of amides is 1. The van der Waals surface area contributed by atoms with Crippen LogP contribution in [-0.2, 0) is 4.79 Å². The van der Waals surface area contributed by atoms with Gasteiger partial charge in [0, 0.05) is 18.9 Å². The Kier molecular flexibility index (Phi) is 4.81. The minimum Gasteiger partial charge on any atom is -0.368 e.